The number of carbonyl (C=O) groups is 1. The van der Waals surface area contributed by atoms with Crippen molar-refractivity contribution in [3.8, 4) is 0 Å². The van der Waals surface area contributed by atoms with Gasteiger partial charge in [0, 0.05) is 23.7 Å². The third-order valence-electron chi connectivity index (χ3n) is 3.36. The van der Waals surface area contributed by atoms with Gasteiger partial charge in [0.05, 0.1) is 6.10 Å². The van der Waals surface area contributed by atoms with Gasteiger partial charge >= 0.3 is 0 Å². The van der Waals surface area contributed by atoms with Gasteiger partial charge in [-0.05, 0) is 0 Å². The van der Waals surface area contributed by atoms with Crippen molar-refractivity contribution in [2.75, 3.05) is 0 Å². The van der Waals surface area contributed by atoms with Crippen LogP contribution < -0.4 is 0 Å². The third-order valence-corrected chi connectivity index (χ3v) is 3.36. The maximum absolute atomic E-state index is 11.6. The number of hydrogen-bond donors (Lipinski definition) is 1. The first-order valence-corrected chi connectivity index (χ1v) is 4.37. The van der Waals surface area contributed by atoms with Gasteiger partial charge < -0.3 is 5.11 Å². The van der Waals surface area contributed by atoms with Crippen LogP contribution in [0.2, 0.25) is 0 Å². The van der Waals surface area contributed by atoms with E-state index < -0.39 is 0 Å². The van der Waals surface area contributed by atoms with Gasteiger partial charge in [0.25, 0.3) is 0 Å². The molecule has 2 nitrogen and oxygen atoms in total. The van der Waals surface area contributed by atoms with Crippen LogP contribution in [0.1, 0.15) is 0 Å². The molecule has 1 saturated carbocycles. The SMILES string of the molecule is O=C1C2C=CC1[C@@H]1C=C[C@@H]2C1O. The first kappa shape index (κ1) is 6.61. The van der Waals surface area contributed by atoms with E-state index in [4.69, 9.17) is 0 Å². The molecule has 1 N–H and O–H groups in total. The molecule has 0 aromatic carbocycles. The fraction of sp³-hybridized carbons (Fsp3) is 0.500. The Hall–Kier alpha value is -0.890. The summed E-state index contributed by atoms with van der Waals surface area (Å²) in [5, 5.41) is 9.75. The van der Waals surface area contributed by atoms with E-state index in [1.54, 1.807) is 0 Å². The molecule has 3 aliphatic carbocycles. The van der Waals surface area contributed by atoms with Crippen molar-refractivity contribution in [3.05, 3.63) is 24.3 Å². The molecule has 3 rings (SSSR count). The lowest BCUT2D eigenvalue weighted by Gasteiger charge is -2.31. The van der Waals surface area contributed by atoms with Crippen LogP contribution in [0.5, 0.6) is 0 Å². The number of carbonyl (C=O) groups excluding carboxylic acids is 1. The van der Waals surface area contributed by atoms with Crippen LogP contribution in [0.3, 0.4) is 0 Å². The van der Waals surface area contributed by atoms with Crippen molar-refractivity contribution in [1.82, 2.24) is 0 Å². The highest BCUT2D eigenvalue weighted by Crippen LogP contribution is 2.46. The molecule has 12 heavy (non-hydrogen) atoms. The van der Waals surface area contributed by atoms with E-state index in [9.17, 15) is 9.90 Å². The number of ketones is 1. The summed E-state index contributed by atoms with van der Waals surface area (Å²) < 4.78 is 0. The van der Waals surface area contributed by atoms with Crippen molar-refractivity contribution >= 4 is 5.78 Å². The second-order valence-electron chi connectivity index (χ2n) is 3.87. The second-order valence-corrected chi connectivity index (χ2v) is 3.87. The monoisotopic (exact) mass is 162 g/mol. The molecule has 1 fully saturated rings. The van der Waals surface area contributed by atoms with Gasteiger partial charge in [0.1, 0.15) is 5.78 Å². The van der Waals surface area contributed by atoms with Crippen LogP contribution in [0.15, 0.2) is 24.3 Å². The Bertz CT molecular complexity index is 277. The molecule has 0 saturated heterocycles. The zero-order chi connectivity index (χ0) is 8.29. The molecule has 4 atom stereocenters. The van der Waals surface area contributed by atoms with E-state index in [1.807, 2.05) is 24.3 Å². The first-order valence-electron chi connectivity index (χ1n) is 4.37. The highest BCUT2D eigenvalue weighted by Gasteiger charge is 2.51. The van der Waals surface area contributed by atoms with Crippen molar-refractivity contribution in [3.63, 3.8) is 0 Å². The number of Topliss-reactive ketones (excluding diaryl/α,β-unsaturated/α-hetero) is 1. The number of aliphatic hydroxyl groups excluding tert-OH is 1. The molecule has 0 spiro atoms. The zero-order valence-electron chi connectivity index (χ0n) is 6.55. The topological polar surface area (TPSA) is 37.3 Å². The maximum Gasteiger partial charge on any atom is 0.147 e. The van der Waals surface area contributed by atoms with Crippen molar-refractivity contribution < 1.29 is 9.90 Å². The van der Waals surface area contributed by atoms with E-state index in [-0.39, 0.29) is 29.8 Å². The van der Waals surface area contributed by atoms with Crippen molar-refractivity contribution in [2.24, 2.45) is 23.7 Å². The molecule has 62 valence electrons. The number of aliphatic hydroxyl groups is 1. The zero-order valence-corrected chi connectivity index (χ0v) is 6.55. The number of hydrogen-bond acceptors (Lipinski definition) is 2. The molecular weight excluding hydrogens is 152 g/mol. The quantitative estimate of drug-likeness (QED) is 0.528. The Morgan fingerprint density at radius 3 is 2.00 bits per heavy atom. The summed E-state index contributed by atoms with van der Waals surface area (Å²) >= 11 is 0. The van der Waals surface area contributed by atoms with Gasteiger partial charge in [-0.15, -0.1) is 0 Å². The summed E-state index contributed by atoms with van der Waals surface area (Å²) in [4.78, 5) is 11.6. The lowest BCUT2D eigenvalue weighted by Crippen LogP contribution is -2.41. The van der Waals surface area contributed by atoms with Crippen LogP contribution >= 0.6 is 0 Å². The van der Waals surface area contributed by atoms with Gasteiger partial charge in [-0.25, -0.2) is 0 Å². The lowest BCUT2D eigenvalue weighted by atomic mass is 9.74. The third kappa shape index (κ3) is 0.547. The molecule has 0 aliphatic heterocycles. The predicted octanol–water partition coefficient (Wildman–Crippen LogP) is 0.534. The van der Waals surface area contributed by atoms with Gasteiger partial charge in [0.15, 0.2) is 0 Å². The molecule has 0 amide bonds. The molecule has 0 radical (unpaired) electrons. The minimum atomic E-state index is -0.312. The standard InChI is InChI=1S/C10H10O2/c11-9-5-1-2-6(9)8-4-3-7(5)10(8)12/h1-9,11H/t5-,6-,7?,8?,9?/m0/s1. The Balaban J connectivity index is 2.13. The predicted molar refractivity (Wildman–Crippen MR) is 43.3 cm³/mol. The summed E-state index contributed by atoms with van der Waals surface area (Å²) in [6, 6.07) is 0. The summed E-state index contributed by atoms with van der Waals surface area (Å²) in [5.41, 5.74) is 0. The highest BCUT2D eigenvalue weighted by atomic mass is 16.3. The van der Waals surface area contributed by atoms with Crippen LogP contribution in [-0.2, 0) is 4.79 Å². The van der Waals surface area contributed by atoms with Crippen LogP contribution in [-0.4, -0.2) is 17.0 Å². The second kappa shape index (κ2) is 1.88. The lowest BCUT2D eigenvalue weighted by molar-refractivity contribution is -0.131. The molecule has 0 heterocycles. The molecule has 3 aliphatic rings. The fourth-order valence-corrected chi connectivity index (χ4v) is 2.69. The average Bonchev–Trinajstić information content (AvgIpc) is 2.41. The maximum atomic E-state index is 11.6. The molecule has 2 unspecified atom stereocenters. The Labute approximate surface area is 70.6 Å². The van der Waals surface area contributed by atoms with E-state index in [0.717, 1.165) is 0 Å². The minimum absolute atomic E-state index is 0.0278. The van der Waals surface area contributed by atoms with Gasteiger partial charge in [-0.2, -0.15) is 0 Å². The van der Waals surface area contributed by atoms with Crippen LogP contribution in [0, 0.1) is 23.7 Å². The molecule has 2 heteroatoms. The molecule has 0 aromatic heterocycles. The largest absolute Gasteiger partial charge is 0.392 e. The Kier molecular flexibility index (Phi) is 1.04. The van der Waals surface area contributed by atoms with E-state index in [0.29, 0.717) is 5.78 Å². The summed E-state index contributed by atoms with van der Waals surface area (Å²) in [6.45, 7) is 0. The van der Waals surface area contributed by atoms with Crippen LogP contribution in [0.25, 0.3) is 0 Å². The molecular formula is C10H10O2. The van der Waals surface area contributed by atoms with Gasteiger partial charge in [-0.1, -0.05) is 24.3 Å². The minimum Gasteiger partial charge on any atom is -0.392 e. The Morgan fingerprint density at radius 2 is 1.50 bits per heavy atom. The Morgan fingerprint density at radius 1 is 1.00 bits per heavy atom. The summed E-state index contributed by atoms with van der Waals surface area (Å²) in [6.07, 6.45) is 7.62. The van der Waals surface area contributed by atoms with E-state index in [1.165, 1.54) is 0 Å². The fourth-order valence-electron chi connectivity index (χ4n) is 2.69. The highest BCUT2D eigenvalue weighted by molar-refractivity contribution is 5.92. The smallest absolute Gasteiger partial charge is 0.147 e. The van der Waals surface area contributed by atoms with Crippen molar-refractivity contribution in [2.45, 2.75) is 6.10 Å². The van der Waals surface area contributed by atoms with Gasteiger partial charge in [-0.3, -0.25) is 4.79 Å². The van der Waals surface area contributed by atoms with Gasteiger partial charge in [0.2, 0.25) is 0 Å². The summed E-state index contributed by atoms with van der Waals surface area (Å²) in [5.74, 6) is 0.385. The number of rotatable bonds is 0. The molecule has 0 aromatic rings. The summed E-state index contributed by atoms with van der Waals surface area (Å²) in [7, 11) is 0. The average molecular weight is 162 g/mol. The van der Waals surface area contributed by atoms with E-state index >= 15 is 0 Å². The first-order chi connectivity index (χ1) is 5.79. The van der Waals surface area contributed by atoms with E-state index in [2.05, 4.69) is 0 Å². The number of fused-ring (bicyclic) bond motifs is 6. The molecule has 4 bridgehead atoms. The van der Waals surface area contributed by atoms with Crippen molar-refractivity contribution in [1.29, 1.82) is 0 Å². The normalized spacial score (nSPS) is 53.8. The van der Waals surface area contributed by atoms with Crippen LogP contribution in [0.4, 0.5) is 0 Å². The number of allylic oxidation sites excluding steroid dienone is 2.